The minimum Gasteiger partial charge on any atom is -0.380 e. The van der Waals surface area contributed by atoms with Gasteiger partial charge in [-0.05, 0) is 37.2 Å². The van der Waals surface area contributed by atoms with Gasteiger partial charge in [-0.1, -0.05) is 28.1 Å². The Kier molecular flexibility index (Phi) is 5.15. The van der Waals surface area contributed by atoms with Gasteiger partial charge in [-0.2, -0.15) is 0 Å². The molecule has 0 aliphatic heterocycles. The van der Waals surface area contributed by atoms with Crippen LogP contribution in [0, 0.1) is 0 Å². The molecule has 0 atom stereocenters. The van der Waals surface area contributed by atoms with Crippen LogP contribution in [0.15, 0.2) is 22.7 Å². The fourth-order valence-corrected chi connectivity index (χ4v) is 2.03. The van der Waals surface area contributed by atoms with Crippen LogP contribution in [0.1, 0.15) is 11.1 Å². The molecule has 0 aliphatic rings. The average Bonchev–Trinajstić information content (AvgIpc) is 2.18. The van der Waals surface area contributed by atoms with E-state index in [2.05, 4.69) is 33.4 Å². The van der Waals surface area contributed by atoms with Crippen LogP contribution in [0.25, 0.3) is 0 Å². The molecule has 78 valence electrons. The van der Waals surface area contributed by atoms with Crippen LogP contribution in [-0.2, 0) is 17.8 Å². The van der Waals surface area contributed by atoms with E-state index in [1.54, 1.807) is 7.11 Å². The van der Waals surface area contributed by atoms with Crippen molar-refractivity contribution in [2.45, 2.75) is 13.0 Å². The Morgan fingerprint density at radius 1 is 1.43 bits per heavy atom. The molecule has 0 saturated carbocycles. The molecule has 0 amide bonds. The van der Waals surface area contributed by atoms with Gasteiger partial charge in [0.25, 0.3) is 0 Å². The van der Waals surface area contributed by atoms with Crippen molar-refractivity contribution >= 4 is 15.9 Å². The largest absolute Gasteiger partial charge is 0.380 e. The lowest BCUT2D eigenvalue weighted by atomic mass is 10.1. The summed E-state index contributed by atoms with van der Waals surface area (Å²) in [6.07, 6.45) is 1.02. The number of ether oxygens (including phenoxy) is 1. The molecule has 0 bridgehead atoms. The maximum atomic E-state index is 5.16. The summed E-state index contributed by atoms with van der Waals surface area (Å²) < 4.78 is 6.33. The zero-order chi connectivity index (χ0) is 10.4. The summed E-state index contributed by atoms with van der Waals surface area (Å²) in [7, 11) is 3.69. The van der Waals surface area contributed by atoms with Crippen LogP contribution in [0.2, 0.25) is 0 Å². The number of hydrogen-bond donors (Lipinski definition) is 1. The van der Waals surface area contributed by atoms with Crippen molar-refractivity contribution in [3.63, 3.8) is 0 Å². The fourth-order valence-electron chi connectivity index (χ4n) is 1.42. The van der Waals surface area contributed by atoms with Crippen molar-refractivity contribution in [2.24, 2.45) is 0 Å². The van der Waals surface area contributed by atoms with E-state index in [1.807, 2.05) is 13.1 Å². The standard InChI is InChI=1S/C11H16BrNO/c1-13-7-6-10-9(8-14-2)4-3-5-11(10)12/h3-5,13H,6-8H2,1-2H3. The van der Waals surface area contributed by atoms with E-state index in [4.69, 9.17) is 4.74 Å². The quantitative estimate of drug-likeness (QED) is 0.875. The molecule has 0 unspecified atom stereocenters. The van der Waals surface area contributed by atoms with E-state index in [9.17, 15) is 0 Å². The van der Waals surface area contributed by atoms with Crippen LogP contribution in [0.4, 0.5) is 0 Å². The second-order valence-corrected chi connectivity index (χ2v) is 4.02. The van der Waals surface area contributed by atoms with Gasteiger partial charge in [0.15, 0.2) is 0 Å². The fraction of sp³-hybridized carbons (Fsp3) is 0.455. The van der Waals surface area contributed by atoms with Crippen LogP contribution in [0.3, 0.4) is 0 Å². The van der Waals surface area contributed by atoms with Crippen LogP contribution >= 0.6 is 15.9 Å². The highest BCUT2D eigenvalue weighted by atomic mass is 79.9. The number of rotatable bonds is 5. The van der Waals surface area contributed by atoms with E-state index in [0.717, 1.165) is 13.0 Å². The number of likely N-dealkylation sites (N-methyl/N-ethyl adjacent to an activating group) is 1. The average molecular weight is 258 g/mol. The number of halogens is 1. The SMILES string of the molecule is CNCCc1c(Br)cccc1COC. The van der Waals surface area contributed by atoms with Gasteiger partial charge >= 0.3 is 0 Å². The minimum atomic E-state index is 0.679. The molecular formula is C11H16BrNO. The second kappa shape index (κ2) is 6.17. The number of hydrogen-bond acceptors (Lipinski definition) is 2. The predicted molar refractivity (Wildman–Crippen MR) is 62.5 cm³/mol. The van der Waals surface area contributed by atoms with E-state index in [-0.39, 0.29) is 0 Å². The topological polar surface area (TPSA) is 21.3 Å². The molecule has 3 heteroatoms. The molecule has 0 aromatic heterocycles. The Balaban J connectivity index is 2.84. The Labute approximate surface area is 93.8 Å². The highest BCUT2D eigenvalue weighted by Crippen LogP contribution is 2.21. The first-order valence-electron chi connectivity index (χ1n) is 4.69. The number of nitrogens with one attached hydrogen (secondary N) is 1. The minimum absolute atomic E-state index is 0.679. The van der Waals surface area contributed by atoms with Gasteiger partial charge in [0.2, 0.25) is 0 Å². The molecule has 2 nitrogen and oxygen atoms in total. The van der Waals surface area contributed by atoms with Gasteiger partial charge in [0, 0.05) is 11.6 Å². The summed E-state index contributed by atoms with van der Waals surface area (Å²) in [4.78, 5) is 0. The van der Waals surface area contributed by atoms with Crippen molar-refractivity contribution in [1.29, 1.82) is 0 Å². The number of methoxy groups -OCH3 is 1. The van der Waals surface area contributed by atoms with Gasteiger partial charge in [-0.25, -0.2) is 0 Å². The summed E-state index contributed by atoms with van der Waals surface area (Å²) >= 11 is 3.56. The zero-order valence-corrected chi connectivity index (χ0v) is 10.2. The maximum Gasteiger partial charge on any atom is 0.0716 e. The highest BCUT2D eigenvalue weighted by Gasteiger charge is 2.05. The summed E-state index contributed by atoms with van der Waals surface area (Å²) in [6, 6.07) is 6.23. The highest BCUT2D eigenvalue weighted by molar-refractivity contribution is 9.10. The van der Waals surface area contributed by atoms with Crippen molar-refractivity contribution in [3.8, 4) is 0 Å². The maximum absolute atomic E-state index is 5.16. The van der Waals surface area contributed by atoms with Gasteiger partial charge in [0.05, 0.1) is 6.61 Å². The lowest BCUT2D eigenvalue weighted by Crippen LogP contribution is -2.12. The van der Waals surface area contributed by atoms with Crippen molar-refractivity contribution in [3.05, 3.63) is 33.8 Å². The molecular weight excluding hydrogens is 242 g/mol. The van der Waals surface area contributed by atoms with Crippen molar-refractivity contribution in [1.82, 2.24) is 5.32 Å². The summed E-state index contributed by atoms with van der Waals surface area (Å²) in [5.74, 6) is 0. The monoisotopic (exact) mass is 257 g/mol. The molecule has 14 heavy (non-hydrogen) atoms. The molecule has 0 aliphatic carbocycles. The third kappa shape index (κ3) is 3.08. The first-order chi connectivity index (χ1) is 6.79. The van der Waals surface area contributed by atoms with Crippen LogP contribution in [0.5, 0.6) is 0 Å². The predicted octanol–water partition coefficient (Wildman–Crippen LogP) is 2.36. The Hall–Kier alpha value is -0.380. The molecule has 0 fully saturated rings. The van der Waals surface area contributed by atoms with E-state index < -0.39 is 0 Å². The molecule has 0 saturated heterocycles. The molecule has 0 spiro atoms. The van der Waals surface area contributed by atoms with Gasteiger partial charge < -0.3 is 10.1 Å². The zero-order valence-electron chi connectivity index (χ0n) is 8.64. The first-order valence-corrected chi connectivity index (χ1v) is 5.48. The lowest BCUT2D eigenvalue weighted by molar-refractivity contribution is 0.184. The molecule has 0 radical (unpaired) electrons. The molecule has 1 aromatic carbocycles. The third-order valence-corrected chi connectivity index (χ3v) is 2.88. The van der Waals surface area contributed by atoms with Crippen LogP contribution < -0.4 is 5.32 Å². The third-order valence-electron chi connectivity index (χ3n) is 2.14. The number of benzene rings is 1. The molecule has 1 aromatic rings. The van der Waals surface area contributed by atoms with E-state index in [0.29, 0.717) is 6.61 Å². The van der Waals surface area contributed by atoms with Crippen molar-refractivity contribution in [2.75, 3.05) is 20.7 Å². The van der Waals surface area contributed by atoms with Gasteiger partial charge in [-0.3, -0.25) is 0 Å². The van der Waals surface area contributed by atoms with Gasteiger partial charge in [-0.15, -0.1) is 0 Å². The molecule has 1 rings (SSSR count). The Bertz CT molecular complexity index is 289. The Morgan fingerprint density at radius 2 is 2.21 bits per heavy atom. The molecule has 0 heterocycles. The van der Waals surface area contributed by atoms with Gasteiger partial charge in [0.1, 0.15) is 0 Å². The summed E-state index contributed by atoms with van der Waals surface area (Å²) in [5.41, 5.74) is 2.60. The van der Waals surface area contributed by atoms with E-state index >= 15 is 0 Å². The van der Waals surface area contributed by atoms with Crippen LogP contribution in [-0.4, -0.2) is 20.7 Å². The summed E-state index contributed by atoms with van der Waals surface area (Å²) in [5, 5.41) is 3.15. The normalized spacial score (nSPS) is 10.5. The molecule has 1 N–H and O–H groups in total. The first kappa shape index (κ1) is 11.7. The lowest BCUT2D eigenvalue weighted by Gasteiger charge is -2.10. The smallest absolute Gasteiger partial charge is 0.0716 e. The second-order valence-electron chi connectivity index (χ2n) is 3.16. The summed E-state index contributed by atoms with van der Waals surface area (Å²) in [6.45, 7) is 1.66. The van der Waals surface area contributed by atoms with Crippen molar-refractivity contribution < 1.29 is 4.74 Å². The van der Waals surface area contributed by atoms with E-state index in [1.165, 1.54) is 15.6 Å². The Morgan fingerprint density at radius 3 is 2.86 bits per heavy atom.